The fraction of sp³-hybridized carbons (Fsp3) is 0.111. The Balaban J connectivity index is 0.00000208. The van der Waals surface area contributed by atoms with Crippen molar-refractivity contribution >= 4 is 51.5 Å². The van der Waals surface area contributed by atoms with Gasteiger partial charge in [0.05, 0.1) is 0 Å². The fourth-order valence-electron chi connectivity index (χ4n) is 2.17. The summed E-state index contributed by atoms with van der Waals surface area (Å²) in [7, 11) is 0. The van der Waals surface area contributed by atoms with Crippen molar-refractivity contribution in [2.24, 2.45) is 0 Å². The SMILES string of the molecule is Cc1ccc(Nc2nc(C)cc(Nc3cccc(Br)c3)n2)cc1.Cl. The highest BCUT2D eigenvalue weighted by molar-refractivity contribution is 9.10. The maximum Gasteiger partial charge on any atom is 0.229 e. The highest BCUT2D eigenvalue weighted by Gasteiger charge is 2.04. The summed E-state index contributed by atoms with van der Waals surface area (Å²) in [4.78, 5) is 8.97. The van der Waals surface area contributed by atoms with Crippen molar-refractivity contribution < 1.29 is 0 Å². The van der Waals surface area contributed by atoms with Gasteiger partial charge in [0.2, 0.25) is 5.95 Å². The quantitative estimate of drug-likeness (QED) is 0.579. The van der Waals surface area contributed by atoms with Crippen molar-refractivity contribution in [3.05, 3.63) is 70.3 Å². The lowest BCUT2D eigenvalue weighted by Crippen LogP contribution is -2.02. The normalized spacial score (nSPS) is 9.96. The molecule has 3 aromatic rings. The van der Waals surface area contributed by atoms with Gasteiger partial charge in [-0.2, -0.15) is 4.98 Å². The number of rotatable bonds is 4. The van der Waals surface area contributed by atoms with Crippen molar-refractivity contribution in [2.75, 3.05) is 10.6 Å². The molecule has 2 N–H and O–H groups in total. The Labute approximate surface area is 156 Å². The van der Waals surface area contributed by atoms with Gasteiger partial charge in [0, 0.05) is 27.6 Å². The maximum absolute atomic E-state index is 4.53. The maximum atomic E-state index is 4.53. The van der Waals surface area contributed by atoms with Crippen LogP contribution >= 0.6 is 28.3 Å². The fourth-order valence-corrected chi connectivity index (χ4v) is 2.57. The number of aromatic nitrogens is 2. The van der Waals surface area contributed by atoms with Gasteiger partial charge in [-0.15, -0.1) is 12.4 Å². The van der Waals surface area contributed by atoms with Crippen LogP contribution in [0.3, 0.4) is 0 Å². The molecule has 0 aliphatic rings. The molecular weight excluding hydrogens is 388 g/mol. The molecule has 0 aliphatic heterocycles. The molecule has 0 bridgehead atoms. The van der Waals surface area contributed by atoms with E-state index >= 15 is 0 Å². The van der Waals surface area contributed by atoms with Crippen LogP contribution in [0.15, 0.2) is 59.1 Å². The van der Waals surface area contributed by atoms with Crippen molar-refractivity contribution in [2.45, 2.75) is 13.8 Å². The van der Waals surface area contributed by atoms with E-state index in [-0.39, 0.29) is 12.4 Å². The second-order valence-electron chi connectivity index (χ2n) is 5.34. The molecule has 2 aromatic carbocycles. The Morgan fingerprint density at radius 2 is 1.58 bits per heavy atom. The summed E-state index contributed by atoms with van der Waals surface area (Å²) >= 11 is 3.47. The van der Waals surface area contributed by atoms with Gasteiger partial charge in [0.15, 0.2) is 0 Å². The third-order valence-electron chi connectivity index (χ3n) is 3.26. The Hall–Kier alpha value is -2.11. The number of hydrogen-bond acceptors (Lipinski definition) is 4. The first-order chi connectivity index (χ1) is 11.1. The molecule has 6 heteroatoms. The van der Waals surface area contributed by atoms with Crippen LogP contribution in [0.4, 0.5) is 23.1 Å². The highest BCUT2D eigenvalue weighted by Crippen LogP contribution is 2.21. The number of halogens is 2. The van der Waals surface area contributed by atoms with E-state index in [2.05, 4.69) is 55.6 Å². The van der Waals surface area contributed by atoms with Crippen LogP contribution in [0.25, 0.3) is 0 Å². The molecule has 0 unspecified atom stereocenters. The van der Waals surface area contributed by atoms with E-state index in [0.717, 1.165) is 27.4 Å². The summed E-state index contributed by atoms with van der Waals surface area (Å²) in [6.45, 7) is 4.01. The smallest absolute Gasteiger partial charge is 0.229 e. The van der Waals surface area contributed by atoms with Crippen molar-refractivity contribution in [3.8, 4) is 0 Å². The van der Waals surface area contributed by atoms with Crippen molar-refractivity contribution in [1.82, 2.24) is 9.97 Å². The first-order valence-corrected chi connectivity index (χ1v) is 8.10. The van der Waals surface area contributed by atoms with Crippen LogP contribution in [-0.2, 0) is 0 Å². The van der Waals surface area contributed by atoms with E-state index in [1.54, 1.807) is 0 Å². The standard InChI is InChI=1S/C18H17BrN4.ClH/c1-12-6-8-15(9-7-12)22-18-20-13(2)10-17(23-18)21-16-5-3-4-14(19)11-16;/h3-11H,1-2H3,(H2,20,21,22,23);1H. The van der Waals surface area contributed by atoms with E-state index in [0.29, 0.717) is 5.95 Å². The second-order valence-corrected chi connectivity index (χ2v) is 6.26. The molecule has 0 spiro atoms. The lowest BCUT2D eigenvalue weighted by molar-refractivity contribution is 1.11. The molecule has 24 heavy (non-hydrogen) atoms. The highest BCUT2D eigenvalue weighted by atomic mass is 79.9. The number of anilines is 4. The van der Waals surface area contributed by atoms with Crippen LogP contribution in [0.5, 0.6) is 0 Å². The Morgan fingerprint density at radius 3 is 2.29 bits per heavy atom. The van der Waals surface area contributed by atoms with E-state index in [4.69, 9.17) is 0 Å². The Kier molecular flexibility index (Phi) is 6.17. The average molecular weight is 406 g/mol. The minimum atomic E-state index is 0. The number of nitrogens with zero attached hydrogens (tertiary/aromatic N) is 2. The zero-order valence-electron chi connectivity index (χ0n) is 13.4. The third-order valence-corrected chi connectivity index (χ3v) is 3.75. The molecule has 4 nitrogen and oxygen atoms in total. The van der Waals surface area contributed by atoms with Gasteiger partial charge in [-0.05, 0) is 44.2 Å². The van der Waals surface area contributed by atoms with Crippen LogP contribution in [0, 0.1) is 13.8 Å². The van der Waals surface area contributed by atoms with Gasteiger partial charge in [0.1, 0.15) is 5.82 Å². The zero-order chi connectivity index (χ0) is 16.2. The predicted molar refractivity (Wildman–Crippen MR) is 106 cm³/mol. The molecule has 0 saturated carbocycles. The van der Waals surface area contributed by atoms with Crippen LogP contribution in [-0.4, -0.2) is 9.97 Å². The van der Waals surface area contributed by atoms with E-state index in [9.17, 15) is 0 Å². The molecule has 1 heterocycles. The molecule has 0 saturated heterocycles. The molecule has 0 amide bonds. The summed E-state index contributed by atoms with van der Waals surface area (Å²) in [5, 5.41) is 6.54. The lowest BCUT2D eigenvalue weighted by Gasteiger charge is -2.10. The summed E-state index contributed by atoms with van der Waals surface area (Å²) in [6, 6.07) is 18.0. The first kappa shape index (κ1) is 18.2. The average Bonchev–Trinajstić information content (AvgIpc) is 2.49. The predicted octanol–water partition coefficient (Wildman–Crippen LogP) is 5.76. The number of nitrogens with one attached hydrogen (secondary N) is 2. The van der Waals surface area contributed by atoms with Crippen molar-refractivity contribution in [1.29, 1.82) is 0 Å². The third kappa shape index (κ3) is 4.94. The Morgan fingerprint density at radius 1 is 0.833 bits per heavy atom. The molecule has 1 aromatic heterocycles. The van der Waals surface area contributed by atoms with Crippen LogP contribution < -0.4 is 10.6 Å². The van der Waals surface area contributed by atoms with E-state index < -0.39 is 0 Å². The van der Waals surface area contributed by atoms with Gasteiger partial charge in [-0.25, -0.2) is 4.98 Å². The Bertz CT molecular complexity index is 822. The molecular formula is C18H18BrClN4. The van der Waals surface area contributed by atoms with Crippen LogP contribution in [0.1, 0.15) is 11.3 Å². The number of hydrogen-bond donors (Lipinski definition) is 2. The van der Waals surface area contributed by atoms with Crippen molar-refractivity contribution in [3.63, 3.8) is 0 Å². The number of aryl methyl sites for hydroxylation is 2. The summed E-state index contributed by atoms with van der Waals surface area (Å²) in [5.41, 5.74) is 4.05. The van der Waals surface area contributed by atoms with E-state index in [1.807, 2.05) is 49.4 Å². The minimum Gasteiger partial charge on any atom is -0.340 e. The summed E-state index contributed by atoms with van der Waals surface area (Å²) in [5.74, 6) is 1.33. The van der Waals surface area contributed by atoms with Gasteiger partial charge in [-0.1, -0.05) is 39.7 Å². The molecule has 124 valence electrons. The molecule has 0 atom stereocenters. The topological polar surface area (TPSA) is 49.8 Å². The van der Waals surface area contributed by atoms with Gasteiger partial charge in [-0.3, -0.25) is 0 Å². The largest absolute Gasteiger partial charge is 0.340 e. The van der Waals surface area contributed by atoms with Gasteiger partial charge in [0.25, 0.3) is 0 Å². The summed E-state index contributed by atoms with van der Waals surface area (Å²) < 4.78 is 1.02. The summed E-state index contributed by atoms with van der Waals surface area (Å²) in [6.07, 6.45) is 0. The first-order valence-electron chi connectivity index (χ1n) is 7.30. The minimum absolute atomic E-state index is 0. The molecule has 0 fully saturated rings. The molecule has 0 radical (unpaired) electrons. The monoisotopic (exact) mass is 404 g/mol. The van der Waals surface area contributed by atoms with Gasteiger partial charge >= 0.3 is 0 Å². The van der Waals surface area contributed by atoms with E-state index in [1.165, 1.54) is 5.56 Å². The lowest BCUT2D eigenvalue weighted by atomic mass is 10.2. The van der Waals surface area contributed by atoms with Gasteiger partial charge < -0.3 is 10.6 Å². The second kappa shape index (κ2) is 8.13. The van der Waals surface area contributed by atoms with Crippen LogP contribution in [0.2, 0.25) is 0 Å². The molecule has 0 aliphatic carbocycles. The number of benzene rings is 2. The zero-order valence-corrected chi connectivity index (χ0v) is 15.8. The molecule has 3 rings (SSSR count).